The van der Waals surface area contributed by atoms with E-state index in [1.54, 1.807) is 0 Å². The van der Waals surface area contributed by atoms with E-state index in [1.165, 1.54) is 0 Å². The molecule has 0 spiro atoms. The molecule has 0 heterocycles. The number of alkyl halides is 1. The average molecular weight is 271 g/mol. The Kier molecular flexibility index (Phi) is 5.31. The van der Waals surface area contributed by atoms with Crippen LogP contribution in [0.1, 0.15) is 31.0 Å². The fourth-order valence-corrected chi connectivity index (χ4v) is 2.19. The van der Waals surface area contributed by atoms with Gasteiger partial charge in [0.1, 0.15) is 6.17 Å². The van der Waals surface area contributed by atoms with Crippen LogP contribution in [0.15, 0.2) is 60.7 Å². The Bertz CT molecular complexity index is 456. The summed E-state index contributed by atoms with van der Waals surface area (Å²) in [4.78, 5) is 0. The first-order valence-corrected chi connectivity index (χ1v) is 7.16. The molecule has 0 aliphatic carbocycles. The van der Waals surface area contributed by atoms with E-state index in [0.717, 1.165) is 11.1 Å². The van der Waals surface area contributed by atoms with E-state index >= 15 is 0 Å². The zero-order chi connectivity index (χ0) is 14.4. The predicted octanol–water partition coefficient (Wildman–Crippen LogP) is 4.36. The first-order chi connectivity index (χ1) is 9.68. The highest BCUT2D eigenvalue weighted by molar-refractivity contribution is 5.31. The van der Waals surface area contributed by atoms with Gasteiger partial charge in [-0.2, -0.15) is 0 Å². The Labute approximate surface area is 120 Å². The summed E-state index contributed by atoms with van der Waals surface area (Å²) in [6, 6.07) is 20.4. The molecule has 0 fully saturated rings. The second-order valence-electron chi connectivity index (χ2n) is 5.42. The van der Waals surface area contributed by atoms with Crippen molar-refractivity contribution < 1.29 is 4.39 Å². The number of hydrogen-bond donors (Lipinski definition) is 1. The standard InChI is InChI=1S/C18H22FN/c1-14(2)17(19)13-20-18(15-9-5-3-6-10-15)16-11-7-4-8-12-16/h3-12,14,17-18,20H,13H2,1-2H3. The molecule has 1 unspecified atom stereocenters. The van der Waals surface area contributed by atoms with Gasteiger partial charge in [0.2, 0.25) is 0 Å². The lowest BCUT2D eigenvalue weighted by atomic mass is 9.98. The Hall–Kier alpha value is -1.67. The smallest absolute Gasteiger partial charge is 0.115 e. The minimum atomic E-state index is -0.829. The Balaban J connectivity index is 2.17. The van der Waals surface area contributed by atoms with Crippen LogP contribution in [-0.2, 0) is 0 Å². The summed E-state index contributed by atoms with van der Waals surface area (Å²) in [5, 5.41) is 3.36. The van der Waals surface area contributed by atoms with E-state index in [9.17, 15) is 4.39 Å². The molecule has 2 aromatic carbocycles. The van der Waals surface area contributed by atoms with Crippen LogP contribution in [0.25, 0.3) is 0 Å². The number of halogens is 1. The van der Waals surface area contributed by atoms with Gasteiger partial charge in [0.15, 0.2) is 0 Å². The summed E-state index contributed by atoms with van der Waals surface area (Å²) in [6.45, 7) is 4.19. The van der Waals surface area contributed by atoms with Gasteiger partial charge in [-0.1, -0.05) is 74.5 Å². The van der Waals surface area contributed by atoms with Crippen molar-refractivity contribution in [2.24, 2.45) is 5.92 Å². The first-order valence-electron chi connectivity index (χ1n) is 7.16. The molecule has 106 valence electrons. The summed E-state index contributed by atoms with van der Waals surface area (Å²) < 4.78 is 13.9. The molecule has 2 aromatic rings. The lowest BCUT2D eigenvalue weighted by Gasteiger charge is -2.22. The van der Waals surface area contributed by atoms with E-state index in [0.29, 0.717) is 6.54 Å². The maximum absolute atomic E-state index is 13.9. The summed E-state index contributed by atoms with van der Waals surface area (Å²) >= 11 is 0. The Morgan fingerprint density at radius 2 is 1.30 bits per heavy atom. The fraction of sp³-hybridized carbons (Fsp3) is 0.333. The molecule has 0 saturated carbocycles. The highest BCUT2D eigenvalue weighted by atomic mass is 19.1. The van der Waals surface area contributed by atoms with E-state index in [2.05, 4.69) is 29.6 Å². The van der Waals surface area contributed by atoms with Crippen molar-refractivity contribution in [3.63, 3.8) is 0 Å². The minimum absolute atomic E-state index is 0.0365. The molecule has 0 aromatic heterocycles. The van der Waals surface area contributed by atoms with E-state index < -0.39 is 6.17 Å². The topological polar surface area (TPSA) is 12.0 Å². The molecular weight excluding hydrogens is 249 g/mol. The molecule has 0 aliphatic rings. The molecule has 20 heavy (non-hydrogen) atoms. The van der Waals surface area contributed by atoms with Crippen molar-refractivity contribution in [2.45, 2.75) is 26.1 Å². The second-order valence-corrected chi connectivity index (χ2v) is 5.42. The largest absolute Gasteiger partial charge is 0.303 e. The fourth-order valence-electron chi connectivity index (χ4n) is 2.19. The van der Waals surface area contributed by atoms with Crippen LogP contribution in [0.3, 0.4) is 0 Å². The number of rotatable bonds is 6. The van der Waals surface area contributed by atoms with Crippen LogP contribution in [0, 0.1) is 5.92 Å². The van der Waals surface area contributed by atoms with Crippen LogP contribution in [0.5, 0.6) is 0 Å². The predicted molar refractivity (Wildman–Crippen MR) is 82.5 cm³/mol. The SMILES string of the molecule is CC(C)C(F)CNC(c1ccccc1)c1ccccc1. The van der Waals surface area contributed by atoms with Gasteiger partial charge in [-0.25, -0.2) is 4.39 Å². The maximum atomic E-state index is 13.9. The van der Waals surface area contributed by atoms with Gasteiger partial charge in [0.05, 0.1) is 6.04 Å². The quantitative estimate of drug-likeness (QED) is 0.823. The van der Waals surface area contributed by atoms with Gasteiger partial charge < -0.3 is 5.32 Å². The third kappa shape index (κ3) is 3.91. The number of benzene rings is 2. The molecule has 2 rings (SSSR count). The molecule has 1 nitrogen and oxygen atoms in total. The number of hydrogen-bond acceptors (Lipinski definition) is 1. The molecule has 2 heteroatoms. The normalized spacial score (nSPS) is 12.8. The molecular formula is C18H22FN. The molecule has 1 N–H and O–H groups in total. The lowest BCUT2D eigenvalue weighted by molar-refractivity contribution is 0.242. The van der Waals surface area contributed by atoms with Crippen LogP contribution in [0.4, 0.5) is 4.39 Å². The highest BCUT2D eigenvalue weighted by Crippen LogP contribution is 2.22. The van der Waals surface area contributed by atoms with Gasteiger partial charge in [0.25, 0.3) is 0 Å². The third-order valence-electron chi connectivity index (χ3n) is 3.51. The molecule has 0 bridgehead atoms. The summed E-state index contributed by atoms with van der Waals surface area (Å²) in [7, 11) is 0. The van der Waals surface area contributed by atoms with Gasteiger partial charge in [-0.3, -0.25) is 0 Å². The highest BCUT2D eigenvalue weighted by Gasteiger charge is 2.17. The van der Waals surface area contributed by atoms with Crippen molar-refractivity contribution in [3.8, 4) is 0 Å². The Morgan fingerprint density at radius 1 is 0.850 bits per heavy atom. The van der Waals surface area contributed by atoms with Crippen LogP contribution < -0.4 is 5.32 Å². The van der Waals surface area contributed by atoms with Crippen LogP contribution in [0.2, 0.25) is 0 Å². The summed E-state index contributed by atoms with van der Waals surface area (Å²) in [5.74, 6) is 0.0368. The Morgan fingerprint density at radius 3 is 1.70 bits per heavy atom. The minimum Gasteiger partial charge on any atom is -0.303 e. The van der Waals surface area contributed by atoms with Crippen LogP contribution in [-0.4, -0.2) is 12.7 Å². The van der Waals surface area contributed by atoms with E-state index in [-0.39, 0.29) is 12.0 Å². The van der Waals surface area contributed by atoms with Crippen LogP contribution >= 0.6 is 0 Å². The van der Waals surface area contributed by atoms with Crippen molar-refractivity contribution in [2.75, 3.05) is 6.54 Å². The third-order valence-corrected chi connectivity index (χ3v) is 3.51. The van der Waals surface area contributed by atoms with Crippen molar-refractivity contribution in [3.05, 3.63) is 71.8 Å². The van der Waals surface area contributed by atoms with Gasteiger partial charge >= 0.3 is 0 Å². The molecule has 0 saturated heterocycles. The zero-order valence-corrected chi connectivity index (χ0v) is 12.1. The van der Waals surface area contributed by atoms with Crippen molar-refractivity contribution >= 4 is 0 Å². The lowest BCUT2D eigenvalue weighted by Crippen LogP contribution is -2.31. The van der Waals surface area contributed by atoms with Gasteiger partial charge in [0, 0.05) is 6.54 Å². The number of nitrogens with one attached hydrogen (secondary N) is 1. The molecule has 0 amide bonds. The maximum Gasteiger partial charge on any atom is 0.115 e. The average Bonchev–Trinajstić information content (AvgIpc) is 2.49. The second kappa shape index (κ2) is 7.20. The summed E-state index contributed by atoms with van der Waals surface area (Å²) in [6.07, 6.45) is -0.829. The monoisotopic (exact) mass is 271 g/mol. The molecule has 1 atom stereocenters. The van der Waals surface area contributed by atoms with Crippen molar-refractivity contribution in [1.29, 1.82) is 0 Å². The van der Waals surface area contributed by atoms with Crippen molar-refractivity contribution in [1.82, 2.24) is 5.32 Å². The van der Waals surface area contributed by atoms with Gasteiger partial charge in [-0.15, -0.1) is 0 Å². The van der Waals surface area contributed by atoms with E-state index in [4.69, 9.17) is 0 Å². The first kappa shape index (κ1) is 14.7. The van der Waals surface area contributed by atoms with Gasteiger partial charge in [-0.05, 0) is 17.0 Å². The zero-order valence-electron chi connectivity index (χ0n) is 12.1. The molecule has 0 radical (unpaired) electrons. The molecule has 0 aliphatic heterocycles. The van der Waals surface area contributed by atoms with E-state index in [1.807, 2.05) is 50.2 Å². The summed E-state index contributed by atoms with van der Waals surface area (Å²) in [5.41, 5.74) is 2.32.